The Hall–Kier alpha value is -2.94. The first-order chi connectivity index (χ1) is 16.5. The van der Waals surface area contributed by atoms with Crippen LogP contribution >= 0.6 is 23.1 Å². The summed E-state index contributed by atoms with van der Waals surface area (Å²) in [7, 11) is 2.09. The van der Waals surface area contributed by atoms with Crippen LogP contribution in [0.2, 0.25) is 0 Å². The summed E-state index contributed by atoms with van der Waals surface area (Å²) in [4.78, 5) is 35.8. The molecule has 0 atom stereocenters. The molecule has 34 heavy (non-hydrogen) atoms. The number of likely N-dealkylation sites (N-methyl/N-ethyl adjacent to an activating group) is 1. The van der Waals surface area contributed by atoms with Gasteiger partial charge in [0.25, 0.3) is 5.56 Å². The van der Waals surface area contributed by atoms with E-state index in [0.29, 0.717) is 28.4 Å². The second-order valence-electron chi connectivity index (χ2n) is 8.21. The quantitative estimate of drug-likeness (QED) is 0.210. The molecule has 3 heterocycles. The third-order valence-corrected chi connectivity index (χ3v) is 7.92. The SMILES string of the molecule is CCOc1ccc(-n2c(SCC(=O)c3ccccc3)nc3sc4c(c3c2=O)CCN(C)C4)cc1. The fourth-order valence-corrected chi connectivity index (χ4v) is 6.42. The summed E-state index contributed by atoms with van der Waals surface area (Å²) in [5.74, 6) is 0.954. The topological polar surface area (TPSA) is 64.4 Å². The highest BCUT2D eigenvalue weighted by molar-refractivity contribution is 7.99. The monoisotopic (exact) mass is 491 g/mol. The zero-order valence-electron chi connectivity index (χ0n) is 19.1. The highest BCUT2D eigenvalue weighted by Crippen LogP contribution is 2.34. The molecule has 1 aliphatic rings. The van der Waals surface area contributed by atoms with E-state index in [0.717, 1.165) is 35.7 Å². The van der Waals surface area contributed by atoms with Crippen molar-refractivity contribution < 1.29 is 9.53 Å². The molecule has 0 radical (unpaired) electrons. The first-order valence-electron chi connectivity index (χ1n) is 11.2. The smallest absolute Gasteiger partial charge is 0.267 e. The van der Waals surface area contributed by atoms with Crippen LogP contribution in [0, 0.1) is 0 Å². The van der Waals surface area contributed by atoms with Crippen LogP contribution in [0.15, 0.2) is 64.5 Å². The van der Waals surface area contributed by atoms with Crippen LogP contribution in [0.4, 0.5) is 0 Å². The fraction of sp³-hybridized carbons (Fsp3) is 0.269. The number of carbonyl (C=O) groups excluding carboxylic acids is 1. The van der Waals surface area contributed by atoms with Crippen molar-refractivity contribution in [1.82, 2.24) is 14.5 Å². The number of thioether (sulfide) groups is 1. The normalized spacial score (nSPS) is 13.7. The molecular weight excluding hydrogens is 466 g/mol. The minimum atomic E-state index is -0.0779. The largest absolute Gasteiger partial charge is 0.494 e. The van der Waals surface area contributed by atoms with E-state index in [1.54, 1.807) is 15.9 Å². The van der Waals surface area contributed by atoms with Crippen LogP contribution < -0.4 is 10.3 Å². The van der Waals surface area contributed by atoms with Gasteiger partial charge in [-0.1, -0.05) is 42.1 Å². The number of ketones is 1. The molecular formula is C26H25N3O3S2. The number of nitrogens with zero attached hydrogens (tertiary/aromatic N) is 3. The molecule has 2 aromatic carbocycles. The fourth-order valence-electron chi connectivity index (χ4n) is 4.17. The van der Waals surface area contributed by atoms with E-state index in [-0.39, 0.29) is 17.1 Å². The highest BCUT2D eigenvalue weighted by atomic mass is 32.2. The molecule has 0 bridgehead atoms. The third kappa shape index (κ3) is 4.41. The van der Waals surface area contributed by atoms with Crippen molar-refractivity contribution in [2.24, 2.45) is 0 Å². The third-order valence-electron chi connectivity index (χ3n) is 5.87. The van der Waals surface area contributed by atoms with Crippen molar-refractivity contribution in [1.29, 1.82) is 0 Å². The van der Waals surface area contributed by atoms with Crippen LogP contribution in [0.3, 0.4) is 0 Å². The van der Waals surface area contributed by atoms with E-state index in [1.807, 2.05) is 61.5 Å². The minimum absolute atomic E-state index is 0.00490. The molecule has 0 fully saturated rings. The van der Waals surface area contributed by atoms with Crippen molar-refractivity contribution in [3.63, 3.8) is 0 Å². The molecule has 0 unspecified atom stereocenters. The second kappa shape index (κ2) is 9.74. The van der Waals surface area contributed by atoms with Crippen LogP contribution in [-0.2, 0) is 13.0 Å². The zero-order valence-corrected chi connectivity index (χ0v) is 20.7. The number of benzene rings is 2. The van der Waals surface area contributed by atoms with Gasteiger partial charge in [-0.05, 0) is 50.2 Å². The van der Waals surface area contributed by atoms with Gasteiger partial charge in [-0.2, -0.15) is 0 Å². The summed E-state index contributed by atoms with van der Waals surface area (Å²) in [6, 6.07) is 16.7. The summed E-state index contributed by atoms with van der Waals surface area (Å²) in [6.45, 7) is 4.26. The molecule has 0 N–H and O–H groups in total. The molecule has 0 saturated carbocycles. The average molecular weight is 492 g/mol. The summed E-state index contributed by atoms with van der Waals surface area (Å²) in [5, 5.41) is 1.23. The molecule has 174 valence electrons. The number of thiophene rings is 1. The zero-order chi connectivity index (χ0) is 23.7. The standard InChI is InChI=1S/C26H25N3O3S2/c1-3-32-19-11-9-18(10-12-19)29-25(31)23-20-13-14-28(2)15-22(20)34-24(23)27-26(29)33-16-21(30)17-7-5-4-6-8-17/h4-12H,3,13-16H2,1-2H3. The van der Waals surface area contributed by atoms with Crippen molar-refractivity contribution in [2.75, 3.05) is 26.0 Å². The lowest BCUT2D eigenvalue weighted by Crippen LogP contribution is -2.27. The van der Waals surface area contributed by atoms with E-state index in [9.17, 15) is 9.59 Å². The molecule has 2 aromatic heterocycles. The Morgan fingerprint density at radius 2 is 1.91 bits per heavy atom. The number of aromatic nitrogens is 2. The lowest BCUT2D eigenvalue weighted by atomic mass is 10.1. The predicted molar refractivity (Wildman–Crippen MR) is 138 cm³/mol. The van der Waals surface area contributed by atoms with Gasteiger partial charge in [0.1, 0.15) is 10.6 Å². The Labute approximate surface area is 206 Å². The van der Waals surface area contributed by atoms with Gasteiger partial charge in [-0.3, -0.25) is 14.2 Å². The van der Waals surface area contributed by atoms with Crippen LogP contribution in [-0.4, -0.2) is 46.2 Å². The number of hydrogen-bond donors (Lipinski definition) is 0. The molecule has 0 aliphatic carbocycles. The van der Waals surface area contributed by atoms with Gasteiger partial charge >= 0.3 is 0 Å². The Kier molecular flexibility index (Phi) is 6.54. The minimum Gasteiger partial charge on any atom is -0.494 e. The number of rotatable bonds is 7. The first kappa shape index (κ1) is 22.8. The first-order valence-corrected chi connectivity index (χ1v) is 13.1. The number of ether oxygens (including phenoxy) is 1. The maximum atomic E-state index is 13.9. The molecule has 6 nitrogen and oxygen atoms in total. The lowest BCUT2D eigenvalue weighted by molar-refractivity contribution is 0.102. The highest BCUT2D eigenvalue weighted by Gasteiger charge is 2.25. The number of carbonyl (C=O) groups is 1. The van der Waals surface area contributed by atoms with E-state index in [1.165, 1.54) is 16.6 Å². The van der Waals surface area contributed by atoms with Gasteiger partial charge in [0, 0.05) is 23.5 Å². The van der Waals surface area contributed by atoms with E-state index >= 15 is 0 Å². The van der Waals surface area contributed by atoms with Crippen molar-refractivity contribution in [3.8, 4) is 11.4 Å². The summed E-state index contributed by atoms with van der Waals surface area (Å²) >= 11 is 2.89. The second-order valence-corrected chi connectivity index (χ2v) is 10.2. The number of Topliss-reactive ketones (excluding diaryl/α,β-unsaturated/α-hetero) is 1. The molecule has 8 heteroatoms. The number of hydrogen-bond acceptors (Lipinski definition) is 7. The van der Waals surface area contributed by atoms with Gasteiger partial charge in [0.05, 0.1) is 23.4 Å². The predicted octanol–water partition coefficient (Wildman–Crippen LogP) is 4.81. The van der Waals surface area contributed by atoms with Gasteiger partial charge in [-0.25, -0.2) is 4.98 Å². The summed E-state index contributed by atoms with van der Waals surface area (Å²) in [6.07, 6.45) is 0.838. The Balaban J connectivity index is 1.59. The molecule has 0 amide bonds. The van der Waals surface area contributed by atoms with Crippen LogP contribution in [0.5, 0.6) is 5.75 Å². The molecule has 0 spiro atoms. The van der Waals surface area contributed by atoms with E-state index in [2.05, 4.69) is 11.9 Å². The van der Waals surface area contributed by atoms with Gasteiger partial charge in [0.15, 0.2) is 10.9 Å². The van der Waals surface area contributed by atoms with Crippen LogP contribution in [0.1, 0.15) is 27.7 Å². The van der Waals surface area contributed by atoms with Gasteiger partial charge in [0.2, 0.25) is 0 Å². The molecule has 4 aromatic rings. The van der Waals surface area contributed by atoms with Crippen molar-refractivity contribution in [3.05, 3.63) is 81.0 Å². The Morgan fingerprint density at radius 3 is 2.65 bits per heavy atom. The maximum Gasteiger partial charge on any atom is 0.267 e. The number of fused-ring (bicyclic) bond motifs is 3. The van der Waals surface area contributed by atoms with Gasteiger partial charge < -0.3 is 9.64 Å². The average Bonchev–Trinajstić information content (AvgIpc) is 3.21. The van der Waals surface area contributed by atoms with Crippen LogP contribution in [0.25, 0.3) is 15.9 Å². The van der Waals surface area contributed by atoms with E-state index < -0.39 is 0 Å². The molecule has 0 saturated heterocycles. The molecule has 5 rings (SSSR count). The van der Waals surface area contributed by atoms with Crippen molar-refractivity contribution in [2.45, 2.75) is 25.0 Å². The van der Waals surface area contributed by atoms with Gasteiger partial charge in [-0.15, -0.1) is 11.3 Å². The molecule has 1 aliphatic heterocycles. The summed E-state index contributed by atoms with van der Waals surface area (Å²) < 4.78 is 7.22. The van der Waals surface area contributed by atoms with Crippen molar-refractivity contribution >= 4 is 39.1 Å². The summed E-state index contributed by atoms with van der Waals surface area (Å²) in [5.41, 5.74) is 2.41. The Bertz CT molecular complexity index is 1400. The van der Waals surface area contributed by atoms with E-state index in [4.69, 9.17) is 9.72 Å². The lowest BCUT2D eigenvalue weighted by Gasteiger charge is -2.21. The maximum absolute atomic E-state index is 13.9. The Morgan fingerprint density at radius 1 is 1.15 bits per heavy atom.